The monoisotopic (exact) mass is 182 g/mol. The molecule has 5 heteroatoms. The largest absolute Gasteiger partial charge is 0.383 e. The fraction of sp³-hybridized carbons (Fsp3) is 0.500. The van der Waals surface area contributed by atoms with E-state index in [2.05, 4.69) is 15.3 Å². The zero-order valence-corrected chi connectivity index (χ0v) is 7.66. The molecule has 5 nitrogen and oxygen atoms in total. The van der Waals surface area contributed by atoms with Gasteiger partial charge >= 0.3 is 0 Å². The van der Waals surface area contributed by atoms with Crippen molar-refractivity contribution in [1.29, 1.82) is 0 Å². The van der Waals surface area contributed by atoms with Crippen LogP contribution in [0, 0.1) is 0 Å². The number of nitrogens with one attached hydrogen (secondary N) is 1. The minimum atomic E-state index is 0.410. The number of nitrogens with two attached hydrogens (primary N) is 1. The fourth-order valence-electron chi connectivity index (χ4n) is 0.871. The Morgan fingerprint density at radius 2 is 2.38 bits per heavy atom. The van der Waals surface area contributed by atoms with E-state index in [-0.39, 0.29) is 0 Å². The van der Waals surface area contributed by atoms with Crippen LogP contribution >= 0.6 is 0 Å². The SMILES string of the molecule is COCCNc1cncc(CN)n1. The second kappa shape index (κ2) is 5.45. The Bertz CT molecular complexity index is 254. The van der Waals surface area contributed by atoms with Gasteiger partial charge in [-0.25, -0.2) is 4.98 Å². The number of anilines is 1. The molecule has 0 amide bonds. The molecule has 0 bridgehead atoms. The third-order valence-corrected chi connectivity index (χ3v) is 1.51. The summed E-state index contributed by atoms with van der Waals surface area (Å²) in [5, 5.41) is 3.07. The molecule has 1 aromatic rings. The lowest BCUT2D eigenvalue weighted by molar-refractivity contribution is 0.210. The molecule has 1 aromatic heterocycles. The number of aromatic nitrogens is 2. The molecular formula is C8H14N4O. The van der Waals surface area contributed by atoms with E-state index in [4.69, 9.17) is 10.5 Å². The summed E-state index contributed by atoms with van der Waals surface area (Å²) in [7, 11) is 1.66. The Labute approximate surface area is 77.3 Å². The summed E-state index contributed by atoms with van der Waals surface area (Å²) >= 11 is 0. The Morgan fingerprint density at radius 3 is 3.08 bits per heavy atom. The number of methoxy groups -OCH3 is 1. The summed E-state index contributed by atoms with van der Waals surface area (Å²) in [5.41, 5.74) is 6.20. The van der Waals surface area contributed by atoms with Crippen molar-refractivity contribution in [3.05, 3.63) is 18.1 Å². The second-order valence-corrected chi connectivity index (χ2v) is 2.52. The zero-order valence-electron chi connectivity index (χ0n) is 7.66. The molecule has 0 aromatic carbocycles. The highest BCUT2D eigenvalue weighted by Gasteiger charge is 1.95. The summed E-state index contributed by atoms with van der Waals surface area (Å²) in [6.45, 7) is 1.78. The maximum absolute atomic E-state index is 5.42. The van der Waals surface area contributed by atoms with Crippen LogP contribution in [0.5, 0.6) is 0 Å². The first-order valence-corrected chi connectivity index (χ1v) is 4.10. The second-order valence-electron chi connectivity index (χ2n) is 2.52. The lowest BCUT2D eigenvalue weighted by Gasteiger charge is -2.04. The van der Waals surface area contributed by atoms with Gasteiger partial charge in [-0.2, -0.15) is 0 Å². The van der Waals surface area contributed by atoms with Crippen LogP contribution in [0.1, 0.15) is 5.69 Å². The molecule has 0 spiro atoms. The predicted molar refractivity (Wildman–Crippen MR) is 50.3 cm³/mol. The topological polar surface area (TPSA) is 73.1 Å². The third-order valence-electron chi connectivity index (χ3n) is 1.51. The molecular weight excluding hydrogens is 168 g/mol. The normalized spacial score (nSPS) is 10.0. The lowest BCUT2D eigenvalue weighted by Crippen LogP contribution is -2.10. The molecule has 0 radical (unpaired) electrons. The molecule has 72 valence electrons. The highest BCUT2D eigenvalue weighted by molar-refractivity contribution is 5.31. The van der Waals surface area contributed by atoms with Crippen LogP contribution in [-0.2, 0) is 11.3 Å². The molecule has 0 aliphatic carbocycles. The van der Waals surface area contributed by atoms with Crippen molar-refractivity contribution >= 4 is 5.82 Å². The first kappa shape index (κ1) is 9.88. The van der Waals surface area contributed by atoms with Crippen molar-refractivity contribution in [2.24, 2.45) is 5.73 Å². The molecule has 0 unspecified atom stereocenters. The standard InChI is InChI=1S/C8H14N4O/c1-13-3-2-11-8-6-10-5-7(4-9)12-8/h5-6H,2-4,9H2,1H3,(H,11,12). The molecule has 0 fully saturated rings. The first-order chi connectivity index (χ1) is 6.36. The van der Waals surface area contributed by atoms with Crippen molar-refractivity contribution in [1.82, 2.24) is 9.97 Å². The molecule has 0 saturated heterocycles. The van der Waals surface area contributed by atoms with Gasteiger partial charge in [-0.3, -0.25) is 4.98 Å². The van der Waals surface area contributed by atoms with Crippen molar-refractivity contribution in [2.75, 3.05) is 25.6 Å². The maximum Gasteiger partial charge on any atom is 0.144 e. The highest BCUT2D eigenvalue weighted by atomic mass is 16.5. The van der Waals surface area contributed by atoms with E-state index >= 15 is 0 Å². The molecule has 13 heavy (non-hydrogen) atoms. The van der Waals surface area contributed by atoms with E-state index in [0.717, 1.165) is 18.1 Å². The number of ether oxygens (including phenoxy) is 1. The van der Waals surface area contributed by atoms with E-state index in [9.17, 15) is 0 Å². The van der Waals surface area contributed by atoms with E-state index in [0.29, 0.717) is 13.2 Å². The predicted octanol–water partition coefficient (Wildman–Crippen LogP) is -0.00640. The van der Waals surface area contributed by atoms with Crippen molar-refractivity contribution in [2.45, 2.75) is 6.54 Å². The van der Waals surface area contributed by atoms with Crippen LogP contribution in [0.3, 0.4) is 0 Å². The van der Waals surface area contributed by atoms with Gasteiger partial charge in [-0.15, -0.1) is 0 Å². The first-order valence-electron chi connectivity index (χ1n) is 4.10. The van der Waals surface area contributed by atoms with Gasteiger partial charge in [0.25, 0.3) is 0 Å². The van der Waals surface area contributed by atoms with E-state index < -0.39 is 0 Å². The van der Waals surface area contributed by atoms with Crippen LogP contribution in [0.25, 0.3) is 0 Å². The van der Waals surface area contributed by atoms with Gasteiger partial charge in [0.1, 0.15) is 5.82 Å². The van der Waals surface area contributed by atoms with E-state index in [1.54, 1.807) is 19.5 Å². The van der Waals surface area contributed by atoms with Gasteiger partial charge in [0.2, 0.25) is 0 Å². The summed E-state index contributed by atoms with van der Waals surface area (Å²) in [5.74, 6) is 0.736. The molecule has 1 heterocycles. The van der Waals surface area contributed by atoms with Gasteiger partial charge in [0.05, 0.1) is 18.5 Å². The summed E-state index contributed by atoms with van der Waals surface area (Å²) in [6.07, 6.45) is 3.32. The summed E-state index contributed by atoms with van der Waals surface area (Å²) in [4.78, 5) is 8.20. The minimum Gasteiger partial charge on any atom is -0.383 e. The molecule has 0 aliphatic rings. The highest BCUT2D eigenvalue weighted by Crippen LogP contribution is 2.00. The number of hydrogen-bond acceptors (Lipinski definition) is 5. The summed E-state index contributed by atoms with van der Waals surface area (Å²) < 4.78 is 4.88. The molecule has 1 rings (SSSR count). The van der Waals surface area contributed by atoms with Crippen LogP contribution in [0.4, 0.5) is 5.82 Å². The van der Waals surface area contributed by atoms with Crippen molar-refractivity contribution < 1.29 is 4.74 Å². The third kappa shape index (κ3) is 3.35. The van der Waals surface area contributed by atoms with Crippen molar-refractivity contribution in [3.8, 4) is 0 Å². The number of rotatable bonds is 5. The van der Waals surface area contributed by atoms with E-state index in [1.807, 2.05) is 0 Å². The molecule has 0 atom stereocenters. The molecule has 3 N–H and O–H groups in total. The van der Waals surface area contributed by atoms with Crippen LogP contribution in [0.2, 0.25) is 0 Å². The Balaban J connectivity index is 2.46. The Hall–Kier alpha value is -1.20. The molecule has 0 aliphatic heterocycles. The Kier molecular flexibility index (Phi) is 4.14. The van der Waals surface area contributed by atoms with Crippen LogP contribution in [-0.4, -0.2) is 30.2 Å². The average molecular weight is 182 g/mol. The minimum absolute atomic E-state index is 0.410. The van der Waals surface area contributed by atoms with Gasteiger partial charge in [0, 0.05) is 26.4 Å². The van der Waals surface area contributed by atoms with Crippen molar-refractivity contribution in [3.63, 3.8) is 0 Å². The smallest absolute Gasteiger partial charge is 0.144 e. The fourth-order valence-corrected chi connectivity index (χ4v) is 0.871. The van der Waals surface area contributed by atoms with Gasteiger partial charge in [-0.05, 0) is 0 Å². The van der Waals surface area contributed by atoms with Crippen LogP contribution < -0.4 is 11.1 Å². The molecule has 0 saturated carbocycles. The maximum atomic E-state index is 5.42. The number of hydrogen-bond donors (Lipinski definition) is 2. The lowest BCUT2D eigenvalue weighted by atomic mass is 10.4. The summed E-state index contributed by atoms with van der Waals surface area (Å²) in [6, 6.07) is 0. The number of nitrogens with zero attached hydrogens (tertiary/aromatic N) is 2. The van der Waals surface area contributed by atoms with E-state index in [1.165, 1.54) is 0 Å². The van der Waals surface area contributed by atoms with Crippen LogP contribution in [0.15, 0.2) is 12.4 Å². The van der Waals surface area contributed by atoms with Gasteiger partial charge < -0.3 is 15.8 Å². The van der Waals surface area contributed by atoms with Gasteiger partial charge in [-0.1, -0.05) is 0 Å². The average Bonchev–Trinajstić information content (AvgIpc) is 2.19. The van der Waals surface area contributed by atoms with Gasteiger partial charge in [0.15, 0.2) is 0 Å². The zero-order chi connectivity index (χ0) is 9.52. The quantitative estimate of drug-likeness (QED) is 0.627. The Morgan fingerprint density at radius 1 is 1.54 bits per heavy atom.